The van der Waals surface area contributed by atoms with Gasteiger partial charge in [-0.3, -0.25) is 9.78 Å². The molecule has 0 spiro atoms. The summed E-state index contributed by atoms with van der Waals surface area (Å²) in [6.45, 7) is 3.91. The quantitative estimate of drug-likeness (QED) is 0.327. The van der Waals surface area contributed by atoms with Crippen molar-refractivity contribution < 1.29 is 9.53 Å². The molecule has 4 aromatic rings. The van der Waals surface area contributed by atoms with Gasteiger partial charge in [-0.25, -0.2) is 4.98 Å². The summed E-state index contributed by atoms with van der Waals surface area (Å²) in [5.74, 6) is 1.77. The number of hydrogen-bond acceptors (Lipinski definition) is 6. The number of ether oxygens (including phenoxy) is 1. The molecule has 1 unspecified atom stereocenters. The monoisotopic (exact) mass is 498 g/mol. The van der Waals surface area contributed by atoms with Crippen LogP contribution in [0.15, 0.2) is 60.8 Å². The van der Waals surface area contributed by atoms with E-state index in [4.69, 9.17) is 9.72 Å². The highest BCUT2D eigenvalue weighted by atomic mass is 16.5. The predicted octanol–water partition coefficient (Wildman–Crippen LogP) is 5.28. The summed E-state index contributed by atoms with van der Waals surface area (Å²) < 4.78 is 8.09. The van der Waals surface area contributed by atoms with Crippen molar-refractivity contribution in [3.8, 4) is 11.5 Å². The van der Waals surface area contributed by atoms with Gasteiger partial charge in [0, 0.05) is 43.7 Å². The number of rotatable bonds is 9. The van der Waals surface area contributed by atoms with E-state index in [0.29, 0.717) is 29.8 Å². The van der Waals surface area contributed by atoms with Gasteiger partial charge in [0.2, 0.25) is 5.95 Å². The summed E-state index contributed by atoms with van der Waals surface area (Å²) in [6, 6.07) is 18.1. The lowest BCUT2D eigenvalue weighted by Crippen LogP contribution is -2.32. The Morgan fingerprint density at radius 1 is 1.08 bits per heavy atom. The van der Waals surface area contributed by atoms with Gasteiger partial charge in [0.15, 0.2) is 0 Å². The Morgan fingerprint density at radius 2 is 1.89 bits per heavy atom. The molecule has 2 aromatic heterocycles. The Bertz CT molecular complexity index is 1380. The van der Waals surface area contributed by atoms with E-state index in [1.807, 2.05) is 29.8 Å². The minimum absolute atomic E-state index is 0.186. The fraction of sp³-hybridized carbons (Fsp3) is 0.345. The number of aromatic nitrogens is 3. The van der Waals surface area contributed by atoms with E-state index in [0.717, 1.165) is 42.1 Å². The van der Waals surface area contributed by atoms with Crippen molar-refractivity contribution in [2.24, 2.45) is 7.05 Å². The first-order chi connectivity index (χ1) is 18.0. The van der Waals surface area contributed by atoms with E-state index in [1.54, 1.807) is 18.3 Å². The van der Waals surface area contributed by atoms with Gasteiger partial charge in [-0.05, 0) is 75.2 Å². The number of nitrogens with zero attached hydrogens (tertiary/aromatic N) is 4. The fourth-order valence-corrected chi connectivity index (χ4v) is 4.83. The number of imidazole rings is 1. The van der Waals surface area contributed by atoms with E-state index in [9.17, 15) is 4.79 Å². The van der Waals surface area contributed by atoms with E-state index in [-0.39, 0.29) is 5.91 Å². The highest BCUT2D eigenvalue weighted by molar-refractivity contribution is 5.92. The van der Waals surface area contributed by atoms with Gasteiger partial charge in [0.1, 0.15) is 17.2 Å². The van der Waals surface area contributed by atoms with Crippen LogP contribution in [0.3, 0.4) is 0 Å². The second-order valence-corrected chi connectivity index (χ2v) is 9.62. The van der Waals surface area contributed by atoms with Gasteiger partial charge in [0.25, 0.3) is 5.91 Å². The molecule has 2 N–H and O–H groups in total. The van der Waals surface area contributed by atoms with Crippen LogP contribution in [0.5, 0.6) is 11.5 Å². The average molecular weight is 499 g/mol. The Morgan fingerprint density at radius 3 is 2.65 bits per heavy atom. The highest BCUT2D eigenvalue weighted by Crippen LogP contribution is 2.28. The van der Waals surface area contributed by atoms with Crippen LogP contribution in [0, 0.1) is 0 Å². The van der Waals surface area contributed by atoms with Crippen molar-refractivity contribution in [2.45, 2.75) is 38.6 Å². The van der Waals surface area contributed by atoms with Crippen LogP contribution < -0.4 is 15.4 Å². The Kier molecular flexibility index (Phi) is 7.37. The molecule has 192 valence electrons. The first-order valence-electron chi connectivity index (χ1n) is 12.9. The van der Waals surface area contributed by atoms with Crippen LogP contribution in [0.4, 0.5) is 11.6 Å². The molecule has 1 amide bonds. The molecule has 0 saturated carbocycles. The molecule has 1 aliphatic rings. The zero-order valence-electron chi connectivity index (χ0n) is 21.7. The number of hydrogen-bond donors (Lipinski definition) is 2. The summed E-state index contributed by atoms with van der Waals surface area (Å²) in [5.41, 5.74) is 4.44. The van der Waals surface area contributed by atoms with Gasteiger partial charge in [0.05, 0.1) is 11.0 Å². The smallest absolute Gasteiger partial charge is 0.270 e. The largest absolute Gasteiger partial charge is 0.457 e. The van der Waals surface area contributed by atoms with Crippen LogP contribution in [-0.2, 0) is 13.5 Å². The molecule has 1 saturated heterocycles. The molecule has 1 aliphatic heterocycles. The van der Waals surface area contributed by atoms with Crippen LogP contribution >= 0.6 is 0 Å². The number of amides is 1. The Balaban J connectivity index is 1.24. The maximum atomic E-state index is 12.6. The third-order valence-electron chi connectivity index (χ3n) is 7.10. The summed E-state index contributed by atoms with van der Waals surface area (Å²) in [7, 11) is 4.13. The fourth-order valence-electron chi connectivity index (χ4n) is 4.83. The van der Waals surface area contributed by atoms with Crippen molar-refractivity contribution in [1.29, 1.82) is 0 Å². The number of benzene rings is 2. The topological polar surface area (TPSA) is 84.3 Å². The van der Waals surface area contributed by atoms with E-state index < -0.39 is 0 Å². The molecule has 0 aliphatic carbocycles. The standard InChI is InChI=1S/C29H34N6O2/c1-4-20-7-9-21(10-8-20)32-29-33-25-18-23(11-12-27(25)35(29)3)37-24-14-16-30-26(19-24)28(36)31-15-13-22-6-5-17-34(22)2/h7-12,14,16,18-19,22H,4-6,13,15,17H2,1-3H3,(H,31,36)(H,32,33). The number of nitrogens with one attached hydrogen (secondary N) is 2. The SMILES string of the molecule is CCc1ccc(Nc2nc3cc(Oc4ccnc(C(=O)NCCC5CCCN5C)c4)ccc3n2C)cc1. The average Bonchev–Trinajstić information content (AvgIpc) is 3.46. The second-order valence-electron chi connectivity index (χ2n) is 9.62. The summed E-state index contributed by atoms with van der Waals surface area (Å²) in [6.07, 6.45) is 5.98. The number of aryl methyl sites for hydroxylation is 2. The minimum atomic E-state index is -0.186. The lowest BCUT2D eigenvalue weighted by molar-refractivity contribution is 0.0945. The molecule has 1 atom stereocenters. The molecule has 2 aromatic carbocycles. The molecular formula is C29H34N6O2. The highest BCUT2D eigenvalue weighted by Gasteiger charge is 2.20. The lowest BCUT2D eigenvalue weighted by Gasteiger charge is -2.19. The van der Waals surface area contributed by atoms with Gasteiger partial charge < -0.3 is 24.8 Å². The van der Waals surface area contributed by atoms with Gasteiger partial charge >= 0.3 is 0 Å². The maximum Gasteiger partial charge on any atom is 0.270 e. The second kappa shape index (κ2) is 11.0. The van der Waals surface area contributed by atoms with Gasteiger partial charge in [-0.1, -0.05) is 19.1 Å². The van der Waals surface area contributed by atoms with E-state index >= 15 is 0 Å². The molecule has 8 heteroatoms. The number of pyridine rings is 1. The van der Waals surface area contributed by atoms with Crippen LogP contribution in [0.25, 0.3) is 11.0 Å². The normalized spacial score (nSPS) is 15.7. The van der Waals surface area contributed by atoms with Crippen molar-refractivity contribution in [3.05, 3.63) is 72.1 Å². The van der Waals surface area contributed by atoms with Crippen LogP contribution in [-0.4, -0.2) is 51.5 Å². The zero-order valence-corrected chi connectivity index (χ0v) is 21.7. The number of fused-ring (bicyclic) bond motifs is 1. The molecule has 5 rings (SSSR count). The van der Waals surface area contributed by atoms with Crippen LogP contribution in [0.1, 0.15) is 42.2 Å². The molecule has 3 heterocycles. The predicted molar refractivity (Wildman–Crippen MR) is 147 cm³/mol. The molecule has 0 bridgehead atoms. The van der Waals surface area contributed by atoms with Crippen molar-refractivity contribution in [1.82, 2.24) is 24.8 Å². The number of anilines is 2. The van der Waals surface area contributed by atoms with Crippen LogP contribution in [0.2, 0.25) is 0 Å². The van der Waals surface area contributed by atoms with Crippen molar-refractivity contribution in [2.75, 3.05) is 25.5 Å². The van der Waals surface area contributed by atoms with Gasteiger partial charge in [-0.2, -0.15) is 0 Å². The van der Waals surface area contributed by atoms with Gasteiger partial charge in [-0.15, -0.1) is 0 Å². The first kappa shape index (κ1) is 24.8. The number of carbonyl (C=O) groups excluding carboxylic acids is 1. The Hall–Kier alpha value is -3.91. The molecular weight excluding hydrogens is 464 g/mol. The molecule has 1 fully saturated rings. The molecule has 0 radical (unpaired) electrons. The lowest BCUT2D eigenvalue weighted by atomic mass is 10.1. The third-order valence-corrected chi connectivity index (χ3v) is 7.10. The first-order valence-corrected chi connectivity index (χ1v) is 12.9. The maximum absolute atomic E-state index is 12.6. The van der Waals surface area contributed by atoms with Crippen molar-refractivity contribution >= 4 is 28.6 Å². The van der Waals surface area contributed by atoms with E-state index in [2.05, 4.69) is 58.8 Å². The third kappa shape index (κ3) is 5.75. The summed E-state index contributed by atoms with van der Waals surface area (Å²) in [5, 5.41) is 6.39. The number of likely N-dealkylation sites (tertiary alicyclic amines) is 1. The zero-order chi connectivity index (χ0) is 25.8. The molecule has 37 heavy (non-hydrogen) atoms. The number of carbonyl (C=O) groups is 1. The van der Waals surface area contributed by atoms with Crippen molar-refractivity contribution in [3.63, 3.8) is 0 Å². The Labute approximate surface area is 217 Å². The van der Waals surface area contributed by atoms with E-state index in [1.165, 1.54) is 18.4 Å². The summed E-state index contributed by atoms with van der Waals surface area (Å²) >= 11 is 0. The minimum Gasteiger partial charge on any atom is -0.457 e. The molecule has 8 nitrogen and oxygen atoms in total. The summed E-state index contributed by atoms with van der Waals surface area (Å²) in [4.78, 5) is 24.0.